The summed E-state index contributed by atoms with van der Waals surface area (Å²) in [5, 5.41) is 8.06. The first-order chi connectivity index (χ1) is 8.11. The average molecular weight is 236 g/mol. The van der Waals surface area contributed by atoms with Crippen LogP contribution in [0, 0.1) is 5.92 Å². The van der Waals surface area contributed by atoms with Gasteiger partial charge in [0.25, 0.3) is 0 Å². The summed E-state index contributed by atoms with van der Waals surface area (Å²) in [7, 11) is 1.93. The summed E-state index contributed by atoms with van der Waals surface area (Å²) in [6.07, 6.45) is 4.93. The van der Waals surface area contributed by atoms with E-state index in [1.807, 2.05) is 30.4 Å². The average Bonchev–Trinajstić information content (AvgIpc) is 2.74. The number of aryl methyl sites for hydroxylation is 1. The van der Waals surface area contributed by atoms with E-state index in [4.69, 9.17) is 0 Å². The van der Waals surface area contributed by atoms with E-state index in [9.17, 15) is 4.79 Å². The molecule has 0 saturated carbocycles. The molecule has 1 amide bonds. The van der Waals surface area contributed by atoms with Gasteiger partial charge in [-0.3, -0.25) is 4.79 Å². The fourth-order valence-corrected chi connectivity index (χ4v) is 2.39. The molecule has 1 saturated heterocycles. The van der Waals surface area contributed by atoms with E-state index in [0.29, 0.717) is 0 Å². The Bertz CT molecular complexity index is 399. The molecule has 5 nitrogen and oxygen atoms in total. The van der Waals surface area contributed by atoms with Gasteiger partial charge in [-0.1, -0.05) is 13.8 Å². The third-order valence-electron chi connectivity index (χ3n) is 3.32. The van der Waals surface area contributed by atoms with Crippen LogP contribution in [-0.2, 0) is 11.8 Å². The first-order valence-electron chi connectivity index (χ1n) is 6.25. The van der Waals surface area contributed by atoms with E-state index in [0.717, 1.165) is 31.6 Å². The Hall–Kier alpha value is -1.39. The zero-order chi connectivity index (χ0) is 12.4. The topological polar surface area (TPSA) is 51.0 Å². The summed E-state index contributed by atoms with van der Waals surface area (Å²) in [4.78, 5) is 14.2. The summed E-state index contributed by atoms with van der Waals surface area (Å²) >= 11 is 0. The van der Waals surface area contributed by atoms with Crippen molar-refractivity contribution in [2.75, 3.05) is 6.54 Å². The summed E-state index contributed by atoms with van der Waals surface area (Å²) in [5.41, 5.74) is 0. The van der Waals surface area contributed by atoms with Crippen molar-refractivity contribution in [3.05, 3.63) is 12.2 Å². The van der Waals surface area contributed by atoms with Crippen LogP contribution in [0.15, 0.2) is 6.33 Å². The lowest BCUT2D eigenvalue weighted by Gasteiger charge is -2.36. The summed E-state index contributed by atoms with van der Waals surface area (Å²) < 4.78 is 1.91. The number of hydrogen-bond donors (Lipinski definition) is 0. The molecule has 0 aromatic carbocycles. The number of amides is 1. The molecule has 5 heteroatoms. The van der Waals surface area contributed by atoms with Crippen LogP contribution in [0.25, 0.3) is 0 Å². The predicted molar refractivity (Wildman–Crippen MR) is 64.1 cm³/mol. The number of aromatic nitrogens is 3. The van der Waals surface area contributed by atoms with Crippen LogP contribution in [0.1, 0.15) is 45.0 Å². The first-order valence-corrected chi connectivity index (χ1v) is 6.25. The zero-order valence-electron chi connectivity index (χ0n) is 10.8. The molecule has 1 aromatic heterocycles. The van der Waals surface area contributed by atoms with E-state index in [1.54, 1.807) is 6.33 Å². The maximum Gasteiger partial charge on any atom is 0.225 e. The highest BCUT2D eigenvalue weighted by Crippen LogP contribution is 2.30. The molecule has 1 aromatic rings. The van der Waals surface area contributed by atoms with Crippen molar-refractivity contribution in [2.24, 2.45) is 13.0 Å². The smallest absolute Gasteiger partial charge is 0.225 e. The van der Waals surface area contributed by atoms with Crippen LogP contribution in [0.2, 0.25) is 0 Å². The molecule has 0 spiro atoms. The molecule has 0 aliphatic carbocycles. The van der Waals surface area contributed by atoms with Gasteiger partial charge in [0.2, 0.25) is 5.91 Å². The standard InChI is InChI=1S/C12H20N4O/c1-9(2)12(17)16-7-5-4-6-10(16)11-14-13-8-15(11)3/h8-10H,4-7H2,1-3H3. The van der Waals surface area contributed by atoms with E-state index in [-0.39, 0.29) is 17.9 Å². The van der Waals surface area contributed by atoms with Gasteiger partial charge < -0.3 is 9.47 Å². The summed E-state index contributed by atoms with van der Waals surface area (Å²) in [5.74, 6) is 1.17. The lowest BCUT2D eigenvalue weighted by molar-refractivity contribution is -0.138. The van der Waals surface area contributed by atoms with Crippen molar-refractivity contribution < 1.29 is 4.79 Å². The Labute approximate surface area is 102 Å². The highest BCUT2D eigenvalue weighted by molar-refractivity contribution is 5.78. The Balaban J connectivity index is 2.24. The second kappa shape index (κ2) is 4.85. The van der Waals surface area contributed by atoms with Gasteiger partial charge >= 0.3 is 0 Å². The second-order valence-electron chi connectivity index (χ2n) is 5.00. The molecule has 1 aliphatic rings. The Morgan fingerprint density at radius 3 is 2.82 bits per heavy atom. The Kier molecular flexibility index (Phi) is 3.45. The lowest BCUT2D eigenvalue weighted by atomic mass is 9.99. The summed E-state index contributed by atoms with van der Waals surface area (Å²) in [6, 6.07) is 0.103. The van der Waals surface area contributed by atoms with E-state index in [1.165, 1.54) is 0 Å². The third kappa shape index (κ3) is 2.33. The molecular weight excluding hydrogens is 216 g/mol. The molecule has 2 heterocycles. The minimum atomic E-state index is 0.0452. The van der Waals surface area contributed by atoms with Crippen LogP contribution in [0.4, 0.5) is 0 Å². The fraction of sp³-hybridized carbons (Fsp3) is 0.750. The van der Waals surface area contributed by atoms with Crippen molar-refractivity contribution in [1.29, 1.82) is 0 Å². The van der Waals surface area contributed by atoms with Crippen molar-refractivity contribution in [1.82, 2.24) is 19.7 Å². The molecule has 0 radical (unpaired) electrons. The molecule has 1 fully saturated rings. The van der Waals surface area contributed by atoms with Gasteiger partial charge in [-0.2, -0.15) is 0 Å². The van der Waals surface area contributed by atoms with E-state index in [2.05, 4.69) is 10.2 Å². The van der Waals surface area contributed by atoms with Gasteiger partial charge in [0.15, 0.2) is 5.82 Å². The predicted octanol–water partition coefficient (Wildman–Crippen LogP) is 1.52. The minimum Gasteiger partial charge on any atom is -0.332 e. The monoisotopic (exact) mass is 236 g/mol. The van der Waals surface area contributed by atoms with Gasteiger partial charge in [-0.25, -0.2) is 0 Å². The number of likely N-dealkylation sites (tertiary alicyclic amines) is 1. The minimum absolute atomic E-state index is 0.0452. The van der Waals surface area contributed by atoms with Gasteiger partial charge in [-0.05, 0) is 19.3 Å². The molecule has 0 bridgehead atoms. The molecule has 2 rings (SSSR count). The molecule has 1 aliphatic heterocycles. The normalized spacial score (nSPS) is 20.9. The first kappa shape index (κ1) is 12.1. The van der Waals surface area contributed by atoms with E-state index >= 15 is 0 Å². The van der Waals surface area contributed by atoms with Crippen molar-refractivity contribution in [3.8, 4) is 0 Å². The molecular formula is C12H20N4O. The number of hydrogen-bond acceptors (Lipinski definition) is 3. The van der Waals surface area contributed by atoms with Crippen molar-refractivity contribution in [3.63, 3.8) is 0 Å². The van der Waals surface area contributed by atoms with E-state index < -0.39 is 0 Å². The fourth-order valence-electron chi connectivity index (χ4n) is 2.39. The highest BCUT2D eigenvalue weighted by atomic mass is 16.2. The van der Waals surface area contributed by atoms with Crippen molar-refractivity contribution in [2.45, 2.75) is 39.2 Å². The van der Waals surface area contributed by atoms with Gasteiger partial charge in [0, 0.05) is 19.5 Å². The maximum absolute atomic E-state index is 12.2. The van der Waals surface area contributed by atoms with Crippen LogP contribution >= 0.6 is 0 Å². The van der Waals surface area contributed by atoms with Gasteiger partial charge in [0.1, 0.15) is 6.33 Å². The number of rotatable bonds is 2. The summed E-state index contributed by atoms with van der Waals surface area (Å²) in [6.45, 7) is 4.74. The molecule has 0 N–H and O–H groups in total. The largest absolute Gasteiger partial charge is 0.332 e. The third-order valence-corrected chi connectivity index (χ3v) is 3.32. The number of piperidine rings is 1. The van der Waals surface area contributed by atoms with Crippen molar-refractivity contribution >= 4 is 5.91 Å². The maximum atomic E-state index is 12.2. The lowest BCUT2D eigenvalue weighted by Crippen LogP contribution is -2.41. The SMILES string of the molecule is CC(C)C(=O)N1CCCCC1c1nncn1C. The highest BCUT2D eigenvalue weighted by Gasteiger charge is 2.31. The second-order valence-corrected chi connectivity index (χ2v) is 5.00. The Morgan fingerprint density at radius 2 is 2.24 bits per heavy atom. The van der Waals surface area contributed by atoms with Gasteiger partial charge in [0.05, 0.1) is 6.04 Å². The van der Waals surface area contributed by atoms with Crippen LogP contribution in [-0.4, -0.2) is 32.1 Å². The van der Waals surface area contributed by atoms with Crippen LogP contribution in [0.5, 0.6) is 0 Å². The molecule has 17 heavy (non-hydrogen) atoms. The quantitative estimate of drug-likeness (QED) is 0.782. The molecule has 94 valence electrons. The molecule has 1 atom stereocenters. The van der Waals surface area contributed by atoms with Crippen LogP contribution in [0.3, 0.4) is 0 Å². The zero-order valence-corrected chi connectivity index (χ0v) is 10.8. The number of nitrogens with zero attached hydrogens (tertiary/aromatic N) is 4. The number of carbonyl (C=O) groups excluding carboxylic acids is 1. The molecule has 1 unspecified atom stereocenters. The van der Waals surface area contributed by atoms with Crippen LogP contribution < -0.4 is 0 Å². The van der Waals surface area contributed by atoms with Gasteiger partial charge in [-0.15, -0.1) is 10.2 Å². The Morgan fingerprint density at radius 1 is 1.47 bits per heavy atom. The number of carbonyl (C=O) groups is 1.